The van der Waals surface area contributed by atoms with Crippen molar-refractivity contribution in [2.24, 2.45) is 0 Å². The SMILES string of the molecule is CN(C(=O)c1cccc(Cl)n1)C1CCOC1. The van der Waals surface area contributed by atoms with E-state index in [1.165, 1.54) is 0 Å². The molecule has 0 aromatic carbocycles. The van der Waals surface area contributed by atoms with E-state index in [0.717, 1.165) is 6.42 Å². The summed E-state index contributed by atoms with van der Waals surface area (Å²) in [5.41, 5.74) is 0.377. The molecule has 0 aliphatic carbocycles. The zero-order chi connectivity index (χ0) is 11.5. The van der Waals surface area contributed by atoms with Crippen LogP contribution >= 0.6 is 11.6 Å². The number of carbonyl (C=O) groups excluding carboxylic acids is 1. The molecule has 0 spiro atoms. The van der Waals surface area contributed by atoms with Crippen LogP contribution in [-0.2, 0) is 4.74 Å². The van der Waals surface area contributed by atoms with Crippen LogP contribution in [-0.4, -0.2) is 42.1 Å². The van der Waals surface area contributed by atoms with Crippen molar-refractivity contribution in [1.82, 2.24) is 9.88 Å². The van der Waals surface area contributed by atoms with E-state index in [-0.39, 0.29) is 11.9 Å². The van der Waals surface area contributed by atoms with Gasteiger partial charge in [0.15, 0.2) is 0 Å². The van der Waals surface area contributed by atoms with Gasteiger partial charge in [-0.2, -0.15) is 0 Å². The maximum absolute atomic E-state index is 12.0. The number of pyridine rings is 1. The van der Waals surface area contributed by atoms with Gasteiger partial charge >= 0.3 is 0 Å². The molecule has 16 heavy (non-hydrogen) atoms. The molecule has 0 N–H and O–H groups in total. The summed E-state index contributed by atoms with van der Waals surface area (Å²) in [5, 5.41) is 0.335. The highest BCUT2D eigenvalue weighted by Gasteiger charge is 2.25. The van der Waals surface area contributed by atoms with E-state index >= 15 is 0 Å². The molecule has 1 unspecified atom stereocenters. The van der Waals surface area contributed by atoms with Gasteiger partial charge in [0.2, 0.25) is 0 Å². The molecule has 5 heteroatoms. The first-order valence-electron chi connectivity index (χ1n) is 5.16. The third-order valence-corrected chi connectivity index (χ3v) is 2.92. The van der Waals surface area contributed by atoms with E-state index in [0.29, 0.717) is 24.1 Å². The quantitative estimate of drug-likeness (QED) is 0.738. The number of nitrogens with zero attached hydrogens (tertiary/aromatic N) is 2. The van der Waals surface area contributed by atoms with Crippen molar-refractivity contribution >= 4 is 17.5 Å². The van der Waals surface area contributed by atoms with Crippen LogP contribution in [0.25, 0.3) is 0 Å². The second kappa shape index (κ2) is 4.80. The number of aromatic nitrogens is 1. The summed E-state index contributed by atoms with van der Waals surface area (Å²) < 4.78 is 5.25. The number of ether oxygens (including phenoxy) is 1. The van der Waals surface area contributed by atoms with E-state index in [1.54, 1.807) is 30.1 Å². The number of likely N-dealkylation sites (N-methyl/N-ethyl adjacent to an activating group) is 1. The van der Waals surface area contributed by atoms with Crippen molar-refractivity contribution in [2.45, 2.75) is 12.5 Å². The summed E-state index contributed by atoms with van der Waals surface area (Å²) in [6.07, 6.45) is 0.878. The van der Waals surface area contributed by atoms with E-state index in [9.17, 15) is 4.79 Å². The van der Waals surface area contributed by atoms with Gasteiger partial charge in [0.1, 0.15) is 10.8 Å². The summed E-state index contributed by atoms with van der Waals surface area (Å²) in [6, 6.07) is 5.19. The Morgan fingerprint density at radius 2 is 2.44 bits per heavy atom. The van der Waals surface area contributed by atoms with Crippen molar-refractivity contribution in [3.8, 4) is 0 Å². The molecule has 1 saturated heterocycles. The molecule has 4 nitrogen and oxygen atoms in total. The Kier molecular flexibility index (Phi) is 3.41. The minimum Gasteiger partial charge on any atom is -0.379 e. The fraction of sp³-hybridized carbons (Fsp3) is 0.455. The summed E-state index contributed by atoms with van der Waals surface area (Å²) in [6.45, 7) is 1.31. The van der Waals surface area contributed by atoms with Crippen LogP contribution in [0.5, 0.6) is 0 Å². The molecule has 1 aliphatic rings. The molecule has 0 bridgehead atoms. The molecule has 0 saturated carbocycles. The molecule has 2 rings (SSSR count). The van der Waals surface area contributed by atoms with Crippen LogP contribution in [0, 0.1) is 0 Å². The first-order valence-corrected chi connectivity index (χ1v) is 5.54. The summed E-state index contributed by atoms with van der Waals surface area (Å²) in [5.74, 6) is -0.113. The molecular formula is C11H13ClN2O2. The minimum atomic E-state index is -0.113. The third-order valence-electron chi connectivity index (χ3n) is 2.71. The van der Waals surface area contributed by atoms with Gasteiger partial charge < -0.3 is 9.64 Å². The van der Waals surface area contributed by atoms with Crippen molar-refractivity contribution in [2.75, 3.05) is 20.3 Å². The highest BCUT2D eigenvalue weighted by Crippen LogP contribution is 2.14. The molecular weight excluding hydrogens is 228 g/mol. The first-order chi connectivity index (χ1) is 7.68. The zero-order valence-corrected chi connectivity index (χ0v) is 9.78. The van der Waals surface area contributed by atoms with Crippen LogP contribution in [0.1, 0.15) is 16.9 Å². The number of hydrogen-bond donors (Lipinski definition) is 0. The second-order valence-electron chi connectivity index (χ2n) is 3.78. The average Bonchev–Trinajstić information content (AvgIpc) is 2.80. The minimum absolute atomic E-state index is 0.113. The van der Waals surface area contributed by atoms with Crippen LogP contribution in [0.2, 0.25) is 5.15 Å². The monoisotopic (exact) mass is 240 g/mol. The maximum Gasteiger partial charge on any atom is 0.272 e. The van der Waals surface area contributed by atoms with Gasteiger partial charge in [0.25, 0.3) is 5.91 Å². The Morgan fingerprint density at radius 1 is 1.62 bits per heavy atom. The molecule has 2 heterocycles. The lowest BCUT2D eigenvalue weighted by Gasteiger charge is -2.22. The van der Waals surface area contributed by atoms with Crippen molar-refractivity contribution < 1.29 is 9.53 Å². The molecule has 0 radical (unpaired) electrons. The Labute approximate surface area is 99.2 Å². The molecule has 1 aromatic rings. The molecule has 1 atom stereocenters. The zero-order valence-electron chi connectivity index (χ0n) is 9.02. The van der Waals surface area contributed by atoms with Gasteiger partial charge in [-0.05, 0) is 18.6 Å². The van der Waals surface area contributed by atoms with Gasteiger partial charge in [-0.1, -0.05) is 17.7 Å². The number of amides is 1. The fourth-order valence-electron chi connectivity index (χ4n) is 1.70. The predicted octanol–water partition coefficient (Wildman–Crippen LogP) is 1.60. The van der Waals surface area contributed by atoms with Gasteiger partial charge in [0, 0.05) is 13.7 Å². The lowest BCUT2D eigenvalue weighted by atomic mass is 10.2. The van der Waals surface area contributed by atoms with Crippen LogP contribution in [0.15, 0.2) is 18.2 Å². The number of halogens is 1. The summed E-state index contributed by atoms with van der Waals surface area (Å²) in [7, 11) is 1.77. The first kappa shape index (κ1) is 11.4. The Hall–Kier alpha value is -1.13. The van der Waals surface area contributed by atoms with Crippen molar-refractivity contribution in [3.05, 3.63) is 29.0 Å². The normalized spacial score (nSPS) is 19.8. The van der Waals surface area contributed by atoms with Gasteiger partial charge in [0.05, 0.1) is 12.6 Å². The summed E-state index contributed by atoms with van der Waals surface area (Å²) >= 11 is 5.75. The van der Waals surface area contributed by atoms with Crippen LogP contribution < -0.4 is 0 Å². The Bertz CT molecular complexity index is 391. The molecule has 86 valence electrons. The number of hydrogen-bond acceptors (Lipinski definition) is 3. The fourth-order valence-corrected chi connectivity index (χ4v) is 1.87. The van der Waals surface area contributed by atoms with Gasteiger partial charge in [-0.15, -0.1) is 0 Å². The topological polar surface area (TPSA) is 42.4 Å². The van der Waals surface area contributed by atoms with Crippen molar-refractivity contribution in [1.29, 1.82) is 0 Å². The lowest BCUT2D eigenvalue weighted by molar-refractivity contribution is 0.0705. The highest BCUT2D eigenvalue weighted by atomic mass is 35.5. The smallest absolute Gasteiger partial charge is 0.272 e. The second-order valence-corrected chi connectivity index (χ2v) is 4.17. The largest absolute Gasteiger partial charge is 0.379 e. The van der Waals surface area contributed by atoms with Crippen LogP contribution in [0.4, 0.5) is 0 Å². The average molecular weight is 241 g/mol. The Balaban J connectivity index is 2.12. The lowest BCUT2D eigenvalue weighted by Crippen LogP contribution is -2.37. The number of rotatable bonds is 2. The molecule has 1 aromatic heterocycles. The summed E-state index contributed by atoms with van der Waals surface area (Å²) in [4.78, 5) is 17.7. The van der Waals surface area contributed by atoms with Gasteiger partial charge in [-0.3, -0.25) is 4.79 Å². The van der Waals surface area contributed by atoms with Gasteiger partial charge in [-0.25, -0.2) is 4.98 Å². The maximum atomic E-state index is 12.0. The third kappa shape index (κ3) is 2.33. The van der Waals surface area contributed by atoms with E-state index in [1.807, 2.05) is 0 Å². The van der Waals surface area contributed by atoms with E-state index in [4.69, 9.17) is 16.3 Å². The van der Waals surface area contributed by atoms with E-state index in [2.05, 4.69) is 4.98 Å². The van der Waals surface area contributed by atoms with Crippen molar-refractivity contribution in [3.63, 3.8) is 0 Å². The standard InChI is InChI=1S/C11H13ClN2O2/c1-14(8-5-6-16-7-8)11(15)9-3-2-4-10(12)13-9/h2-4,8H,5-7H2,1H3. The highest BCUT2D eigenvalue weighted by molar-refractivity contribution is 6.29. The molecule has 1 fully saturated rings. The predicted molar refractivity (Wildman–Crippen MR) is 60.6 cm³/mol. The molecule has 1 aliphatic heterocycles. The molecule has 1 amide bonds. The number of carbonyl (C=O) groups is 1. The van der Waals surface area contributed by atoms with E-state index < -0.39 is 0 Å². The van der Waals surface area contributed by atoms with Crippen LogP contribution in [0.3, 0.4) is 0 Å². The Morgan fingerprint density at radius 3 is 3.06 bits per heavy atom.